The maximum Gasteiger partial charge on any atom is 0.333 e. The lowest BCUT2D eigenvalue weighted by Crippen LogP contribution is -2.21. The van der Waals surface area contributed by atoms with Crippen molar-refractivity contribution >= 4 is 17.0 Å². The summed E-state index contributed by atoms with van der Waals surface area (Å²) >= 11 is 0. The molecule has 4 heteroatoms. The number of esters is 1. The Hall–Kier alpha value is -2.10. The van der Waals surface area contributed by atoms with Crippen molar-refractivity contribution in [2.75, 3.05) is 0 Å². The summed E-state index contributed by atoms with van der Waals surface area (Å²) in [5.41, 5.74) is 2.36. The van der Waals surface area contributed by atoms with Gasteiger partial charge in [-0.2, -0.15) is 0 Å². The lowest BCUT2D eigenvalue weighted by atomic mass is 10.1. The number of benzene rings is 1. The van der Waals surface area contributed by atoms with Crippen molar-refractivity contribution in [3.05, 3.63) is 42.2 Å². The van der Waals surface area contributed by atoms with Crippen LogP contribution in [0.5, 0.6) is 0 Å². The van der Waals surface area contributed by atoms with Gasteiger partial charge in [-0.25, -0.2) is 9.78 Å². The lowest BCUT2D eigenvalue weighted by molar-refractivity contribution is -0.144. The number of H-pyrrole nitrogens is 1. The molecule has 0 bridgehead atoms. The van der Waals surface area contributed by atoms with Crippen molar-refractivity contribution in [1.29, 1.82) is 0 Å². The lowest BCUT2D eigenvalue weighted by Gasteiger charge is -2.16. The quantitative estimate of drug-likeness (QED) is 0.647. The van der Waals surface area contributed by atoms with E-state index in [1.165, 1.54) is 0 Å². The largest absolute Gasteiger partial charge is 0.459 e. The van der Waals surface area contributed by atoms with E-state index >= 15 is 0 Å². The predicted octanol–water partition coefficient (Wildman–Crippen LogP) is 3.39. The Morgan fingerprint density at radius 2 is 2.20 bits per heavy atom. The topological polar surface area (TPSA) is 55.0 Å². The summed E-state index contributed by atoms with van der Waals surface area (Å²) in [7, 11) is 0. The number of para-hydroxylation sites is 2. The molecule has 0 fully saturated rings. The molecule has 0 spiro atoms. The predicted molar refractivity (Wildman–Crippen MR) is 79.4 cm³/mol. The summed E-state index contributed by atoms with van der Waals surface area (Å²) in [6, 6.07) is 7.87. The second-order valence-electron chi connectivity index (χ2n) is 5.00. The first-order chi connectivity index (χ1) is 9.60. The molecule has 1 aromatic carbocycles. The van der Waals surface area contributed by atoms with Crippen LogP contribution in [0.3, 0.4) is 0 Å². The van der Waals surface area contributed by atoms with E-state index in [0.717, 1.165) is 29.7 Å². The minimum atomic E-state index is -0.334. The van der Waals surface area contributed by atoms with Gasteiger partial charge >= 0.3 is 5.97 Å². The van der Waals surface area contributed by atoms with Crippen molar-refractivity contribution in [2.45, 2.75) is 39.2 Å². The van der Waals surface area contributed by atoms with Gasteiger partial charge in [-0.1, -0.05) is 32.1 Å². The van der Waals surface area contributed by atoms with Crippen molar-refractivity contribution in [3.8, 4) is 0 Å². The SMILES string of the molecule is C=C(C)C(=O)OC(CCC)Cc1nc2ccccc2[nH]1. The van der Waals surface area contributed by atoms with E-state index in [2.05, 4.69) is 23.5 Å². The number of carbonyl (C=O) groups excluding carboxylic acids is 1. The average Bonchev–Trinajstić information content (AvgIpc) is 2.80. The Morgan fingerprint density at radius 1 is 1.45 bits per heavy atom. The molecule has 2 rings (SSSR count). The van der Waals surface area contributed by atoms with Crippen LogP contribution in [0, 0.1) is 0 Å². The molecule has 1 aromatic heterocycles. The molecule has 0 radical (unpaired) electrons. The number of ether oxygens (including phenoxy) is 1. The fourth-order valence-electron chi connectivity index (χ4n) is 2.09. The molecule has 0 saturated heterocycles. The van der Waals surface area contributed by atoms with E-state index in [-0.39, 0.29) is 12.1 Å². The molecular formula is C16H20N2O2. The van der Waals surface area contributed by atoms with E-state index in [9.17, 15) is 4.79 Å². The number of fused-ring (bicyclic) bond motifs is 1. The van der Waals surface area contributed by atoms with Crippen LogP contribution in [0.2, 0.25) is 0 Å². The molecule has 0 aliphatic heterocycles. The van der Waals surface area contributed by atoms with E-state index in [1.807, 2.05) is 24.3 Å². The molecule has 2 aromatic rings. The number of carbonyl (C=O) groups is 1. The van der Waals surface area contributed by atoms with Gasteiger partial charge in [0.2, 0.25) is 0 Å². The normalized spacial score (nSPS) is 12.3. The molecule has 4 nitrogen and oxygen atoms in total. The summed E-state index contributed by atoms with van der Waals surface area (Å²) < 4.78 is 5.45. The third-order valence-corrected chi connectivity index (χ3v) is 3.09. The summed E-state index contributed by atoms with van der Waals surface area (Å²) in [4.78, 5) is 19.4. The molecule has 1 heterocycles. The van der Waals surface area contributed by atoms with Gasteiger partial charge in [-0.05, 0) is 25.5 Å². The Balaban J connectivity index is 2.10. The van der Waals surface area contributed by atoms with Gasteiger partial charge in [0.05, 0.1) is 11.0 Å². The summed E-state index contributed by atoms with van der Waals surface area (Å²) in [5, 5.41) is 0. The van der Waals surface area contributed by atoms with Crippen molar-refractivity contribution in [2.24, 2.45) is 0 Å². The zero-order chi connectivity index (χ0) is 14.5. The van der Waals surface area contributed by atoms with Crippen molar-refractivity contribution in [3.63, 3.8) is 0 Å². The first-order valence-corrected chi connectivity index (χ1v) is 6.90. The maximum absolute atomic E-state index is 11.6. The molecule has 0 aliphatic rings. The van der Waals surface area contributed by atoms with E-state index in [1.54, 1.807) is 6.92 Å². The van der Waals surface area contributed by atoms with Gasteiger partial charge in [0.25, 0.3) is 0 Å². The molecule has 1 N–H and O–H groups in total. The molecule has 106 valence electrons. The number of nitrogens with zero attached hydrogens (tertiary/aromatic N) is 1. The Kier molecular flexibility index (Phi) is 4.56. The van der Waals surface area contributed by atoms with Crippen LogP contribution < -0.4 is 0 Å². The molecular weight excluding hydrogens is 252 g/mol. The van der Waals surface area contributed by atoms with Gasteiger partial charge in [-0.3, -0.25) is 0 Å². The number of hydrogen-bond donors (Lipinski definition) is 1. The molecule has 20 heavy (non-hydrogen) atoms. The number of aromatic nitrogens is 2. The minimum Gasteiger partial charge on any atom is -0.459 e. The second-order valence-corrected chi connectivity index (χ2v) is 5.00. The first kappa shape index (κ1) is 14.3. The van der Waals surface area contributed by atoms with Gasteiger partial charge < -0.3 is 9.72 Å². The third-order valence-electron chi connectivity index (χ3n) is 3.09. The van der Waals surface area contributed by atoms with Gasteiger partial charge in [0.1, 0.15) is 11.9 Å². The molecule has 0 amide bonds. The zero-order valence-corrected chi connectivity index (χ0v) is 12.0. The smallest absolute Gasteiger partial charge is 0.333 e. The van der Waals surface area contributed by atoms with Crippen LogP contribution in [0.15, 0.2) is 36.4 Å². The maximum atomic E-state index is 11.6. The number of aromatic amines is 1. The summed E-state index contributed by atoms with van der Waals surface area (Å²) in [5.74, 6) is 0.513. The number of hydrogen-bond acceptors (Lipinski definition) is 3. The first-order valence-electron chi connectivity index (χ1n) is 6.90. The van der Waals surface area contributed by atoms with E-state index in [0.29, 0.717) is 12.0 Å². The van der Waals surface area contributed by atoms with E-state index in [4.69, 9.17) is 4.74 Å². The second kappa shape index (κ2) is 6.37. The average molecular weight is 272 g/mol. The highest BCUT2D eigenvalue weighted by Crippen LogP contribution is 2.15. The standard InChI is InChI=1S/C16H20N2O2/c1-4-7-12(20-16(19)11(2)3)10-15-17-13-8-5-6-9-14(13)18-15/h5-6,8-9,12H,2,4,7,10H2,1,3H3,(H,17,18). The summed E-state index contributed by atoms with van der Waals surface area (Å²) in [6.45, 7) is 7.34. The van der Waals surface area contributed by atoms with Crippen LogP contribution in [0.25, 0.3) is 11.0 Å². The highest BCUT2D eigenvalue weighted by Gasteiger charge is 2.16. The minimum absolute atomic E-state index is 0.162. The summed E-state index contributed by atoms with van der Waals surface area (Å²) in [6.07, 6.45) is 2.20. The third kappa shape index (κ3) is 3.47. The Bertz CT molecular complexity index is 583. The molecule has 1 unspecified atom stereocenters. The molecule has 0 saturated carbocycles. The number of rotatable bonds is 6. The molecule has 0 aliphatic carbocycles. The highest BCUT2D eigenvalue weighted by molar-refractivity contribution is 5.87. The van der Waals surface area contributed by atoms with Crippen LogP contribution in [-0.2, 0) is 16.0 Å². The van der Waals surface area contributed by atoms with Crippen LogP contribution in [-0.4, -0.2) is 22.0 Å². The fraction of sp³-hybridized carbons (Fsp3) is 0.375. The zero-order valence-electron chi connectivity index (χ0n) is 12.0. The highest BCUT2D eigenvalue weighted by atomic mass is 16.5. The van der Waals surface area contributed by atoms with Crippen LogP contribution in [0.4, 0.5) is 0 Å². The fourth-order valence-corrected chi connectivity index (χ4v) is 2.09. The Labute approximate surface area is 118 Å². The van der Waals surface area contributed by atoms with Gasteiger partial charge in [-0.15, -0.1) is 0 Å². The number of nitrogens with one attached hydrogen (secondary N) is 1. The van der Waals surface area contributed by atoms with Gasteiger partial charge in [0, 0.05) is 12.0 Å². The van der Waals surface area contributed by atoms with Crippen molar-refractivity contribution < 1.29 is 9.53 Å². The van der Waals surface area contributed by atoms with Gasteiger partial charge in [0.15, 0.2) is 0 Å². The Morgan fingerprint density at radius 3 is 2.85 bits per heavy atom. The number of imidazole rings is 1. The molecule has 1 atom stereocenters. The van der Waals surface area contributed by atoms with Crippen LogP contribution in [0.1, 0.15) is 32.5 Å². The van der Waals surface area contributed by atoms with E-state index < -0.39 is 0 Å². The monoisotopic (exact) mass is 272 g/mol. The van der Waals surface area contributed by atoms with Crippen molar-refractivity contribution in [1.82, 2.24) is 9.97 Å². The van der Waals surface area contributed by atoms with Crippen LogP contribution >= 0.6 is 0 Å².